The van der Waals surface area contributed by atoms with Crippen molar-refractivity contribution < 1.29 is 65.4 Å². The average molecular weight is 392 g/mol. The monoisotopic (exact) mass is 392 g/mol. The van der Waals surface area contributed by atoms with E-state index < -0.39 is 0 Å². The molecule has 1 aromatic carbocycles. The molecule has 0 saturated carbocycles. The number of rotatable bonds is 2. The van der Waals surface area contributed by atoms with Crippen molar-refractivity contribution in [3.63, 3.8) is 0 Å². The molecule has 0 aliphatic carbocycles. The molecule has 0 aliphatic heterocycles. The first kappa shape index (κ1) is 18.8. The van der Waals surface area contributed by atoms with Gasteiger partial charge in [-0.05, 0) is 24.0 Å². The number of benzene rings is 1. The van der Waals surface area contributed by atoms with Crippen molar-refractivity contribution in [3.05, 3.63) is 35.7 Å². The number of aromatic nitrogens is 2. The largest absolute Gasteiger partial charge is 0.249 e. The molecule has 1 aromatic heterocycles. The molecule has 0 unspecified atom stereocenters. The van der Waals surface area contributed by atoms with Crippen molar-refractivity contribution in [1.29, 1.82) is 0 Å². The fourth-order valence-corrected chi connectivity index (χ4v) is 1.88. The summed E-state index contributed by atoms with van der Waals surface area (Å²) in [4.78, 5) is 9.47. The molecule has 2 radical (unpaired) electrons. The molecule has 90 valence electrons. The van der Waals surface area contributed by atoms with E-state index in [1.165, 1.54) is 0 Å². The van der Waals surface area contributed by atoms with E-state index >= 15 is 0 Å². The van der Waals surface area contributed by atoms with Gasteiger partial charge in [-0.25, -0.2) is 9.97 Å². The second-order valence-electron chi connectivity index (χ2n) is 4.79. The minimum Gasteiger partial charge on any atom is -0.249 e. The Morgan fingerprint density at radius 1 is 0.722 bits per heavy atom. The van der Waals surface area contributed by atoms with Crippen molar-refractivity contribution in [2.24, 2.45) is 0 Å². The Morgan fingerprint density at radius 2 is 1.06 bits per heavy atom. The van der Waals surface area contributed by atoms with Gasteiger partial charge in [0.1, 0.15) is 0 Å². The van der Waals surface area contributed by atoms with Gasteiger partial charge in [0.05, 0.1) is 22.4 Å². The summed E-state index contributed by atoms with van der Waals surface area (Å²) in [6, 6.07) is 8.07. The van der Waals surface area contributed by atoms with Crippen LogP contribution in [-0.4, -0.2) is 9.97 Å². The molecular weight excluding hydrogens is 374 g/mol. The van der Waals surface area contributed by atoms with E-state index in [0.717, 1.165) is 22.4 Å². The first-order valence-corrected chi connectivity index (χ1v) is 5.86. The van der Waals surface area contributed by atoms with Gasteiger partial charge in [0.25, 0.3) is 0 Å². The van der Waals surface area contributed by atoms with Crippen LogP contribution in [0.4, 0.5) is 0 Å². The first-order valence-electron chi connectivity index (χ1n) is 5.86. The molecule has 1 heterocycles. The van der Waals surface area contributed by atoms with Crippen LogP contribution in [0, 0.1) is 0 Å². The van der Waals surface area contributed by atoms with Crippen LogP contribution in [0.2, 0.25) is 0 Å². The molecule has 0 spiro atoms. The summed E-state index contributed by atoms with van der Waals surface area (Å²) in [5.41, 5.74) is 4.26. The van der Waals surface area contributed by atoms with E-state index in [-0.39, 0.29) is 65.4 Å². The maximum Gasteiger partial charge on any atom is 0.0890 e. The fraction of sp³-hybridized carbons (Fsp3) is 0.429. The minimum absolute atomic E-state index is 0. The molecule has 0 aliphatic rings. The van der Waals surface area contributed by atoms with Crippen molar-refractivity contribution in [2.75, 3.05) is 0 Å². The normalized spacial score (nSPS) is 10.3. The van der Waals surface area contributed by atoms with Crippen molar-refractivity contribution in [1.82, 2.24) is 9.97 Å². The van der Waals surface area contributed by atoms with E-state index in [9.17, 15) is 0 Å². The molecule has 0 N–H and O–H groups in total. The van der Waals surface area contributed by atoms with Crippen LogP contribution in [0.1, 0.15) is 50.9 Å². The third-order valence-corrected chi connectivity index (χ3v) is 2.72. The molecule has 2 rings (SSSR count). The quantitative estimate of drug-likeness (QED) is 0.776. The molecule has 4 heteroatoms. The summed E-state index contributed by atoms with van der Waals surface area (Å²) in [7, 11) is 0. The Bertz CT molecular complexity index is 464. The van der Waals surface area contributed by atoms with Gasteiger partial charge in [-0.15, -0.1) is 0 Å². The predicted molar refractivity (Wildman–Crippen MR) is 67.7 cm³/mol. The van der Waals surface area contributed by atoms with Crippen LogP contribution >= 0.6 is 0 Å². The van der Waals surface area contributed by atoms with E-state index in [1.54, 1.807) is 0 Å². The number of hydrogen-bond acceptors (Lipinski definition) is 2. The van der Waals surface area contributed by atoms with Crippen LogP contribution < -0.4 is 0 Å². The molecular formula is C14H18N2Y2. The van der Waals surface area contributed by atoms with Crippen LogP contribution in [0.15, 0.2) is 24.3 Å². The van der Waals surface area contributed by atoms with E-state index in [0.29, 0.717) is 11.8 Å². The summed E-state index contributed by atoms with van der Waals surface area (Å²) in [5.74, 6) is 0.851. The summed E-state index contributed by atoms with van der Waals surface area (Å²) < 4.78 is 0. The van der Waals surface area contributed by atoms with Crippen LogP contribution in [0.25, 0.3) is 11.0 Å². The molecule has 0 amide bonds. The van der Waals surface area contributed by atoms with Gasteiger partial charge in [0, 0.05) is 65.4 Å². The maximum atomic E-state index is 4.73. The zero-order valence-electron chi connectivity index (χ0n) is 11.5. The maximum absolute atomic E-state index is 4.73. The van der Waals surface area contributed by atoms with Gasteiger partial charge in [-0.3, -0.25) is 0 Å². The molecule has 0 bridgehead atoms. The minimum atomic E-state index is 0. The van der Waals surface area contributed by atoms with E-state index in [1.807, 2.05) is 24.3 Å². The molecule has 0 saturated heterocycles. The van der Waals surface area contributed by atoms with Gasteiger partial charge in [0.2, 0.25) is 0 Å². The number of para-hydroxylation sites is 2. The Morgan fingerprint density at radius 3 is 1.33 bits per heavy atom. The fourth-order valence-electron chi connectivity index (χ4n) is 1.88. The third kappa shape index (κ3) is 4.13. The standard InChI is InChI=1S/C14H18N2.2Y/c1-9(2)13-14(10(3)4)16-12-8-6-5-7-11(12)15-13;;/h5-10H,1-4H3;;. The SMILES string of the molecule is CC(C)c1nc2ccccc2nc1C(C)C.[Y].[Y]. The van der Waals surface area contributed by atoms with Crippen LogP contribution in [-0.2, 0) is 65.4 Å². The molecule has 0 atom stereocenters. The van der Waals surface area contributed by atoms with Gasteiger partial charge >= 0.3 is 0 Å². The summed E-state index contributed by atoms with van der Waals surface area (Å²) in [5, 5.41) is 0. The van der Waals surface area contributed by atoms with Crippen molar-refractivity contribution in [3.8, 4) is 0 Å². The topological polar surface area (TPSA) is 25.8 Å². The van der Waals surface area contributed by atoms with Crippen molar-refractivity contribution >= 4 is 11.0 Å². The van der Waals surface area contributed by atoms with Gasteiger partial charge in [-0.1, -0.05) is 39.8 Å². The Labute approximate surface area is 160 Å². The zero-order valence-corrected chi connectivity index (χ0v) is 17.2. The van der Waals surface area contributed by atoms with Crippen molar-refractivity contribution in [2.45, 2.75) is 39.5 Å². The Hall–Kier alpha value is 0.768. The van der Waals surface area contributed by atoms with Crippen LogP contribution in [0.3, 0.4) is 0 Å². The Balaban J connectivity index is 0.00000144. The summed E-state index contributed by atoms with van der Waals surface area (Å²) >= 11 is 0. The molecule has 0 fully saturated rings. The van der Waals surface area contributed by atoms with E-state index in [4.69, 9.17) is 9.97 Å². The van der Waals surface area contributed by atoms with Crippen LogP contribution in [0.5, 0.6) is 0 Å². The first-order chi connectivity index (χ1) is 7.59. The number of hydrogen-bond donors (Lipinski definition) is 0. The number of fused-ring (bicyclic) bond motifs is 1. The van der Waals surface area contributed by atoms with Gasteiger partial charge in [0.15, 0.2) is 0 Å². The Kier molecular flexibility index (Phi) is 8.49. The van der Waals surface area contributed by atoms with Gasteiger partial charge < -0.3 is 0 Å². The summed E-state index contributed by atoms with van der Waals surface area (Å²) in [6.07, 6.45) is 0. The second-order valence-corrected chi connectivity index (χ2v) is 4.79. The molecule has 18 heavy (non-hydrogen) atoms. The number of nitrogens with zero attached hydrogens (tertiary/aromatic N) is 2. The average Bonchev–Trinajstić information content (AvgIpc) is 2.27. The smallest absolute Gasteiger partial charge is 0.0890 e. The molecule has 2 aromatic rings. The predicted octanol–water partition coefficient (Wildman–Crippen LogP) is 3.87. The second kappa shape index (κ2) is 8.14. The third-order valence-electron chi connectivity index (χ3n) is 2.72. The summed E-state index contributed by atoms with van der Waals surface area (Å²) in [6.45, 7) is 8.69. The van der Waals surface area contributed by atoms with E-state index in [2.05, 4.69) is 27.7 Å². The molecule has 2 nitrogen and oxygen atoms in total. The zero-order chi connectivity index (χ0) is 11.7. The van der Waals surface area contributed by atoms with Gasteiger partial charge in [-0.2, -0.15) is 0 Å².